The topological polar surface area (TPSA) is 63.4 Å². The molecule has 0 saturated carbocycles. The molecule has 4 nitrogen and oxygen atoms in total. The van der Waals surface area contributed by atoms with Crippen molar-refractivity contribution in [1.29, 1.82) is 0 Å². The minimum atomic E-state index is -0.556. The van der Waals surface area contributed by atoms with Gasteiger partial charge in [-0.1, -0.05) is 39.0 Å². The number of hydrogen-bond donors (Lipinski definition) is 1. The summed E-state index contributed by atoms with van der Waals surface area (Å²) >= 11 is 0. The lowest BCUT2D eigenvalue weighted by Gasteiger charge is -2.15. The number of carbonyl (C=O) groups excluding carboxylic acids is 2. The Morgan fingerprint density at radius 3 is 2.19 bits per heavy atom. The van der Waals surface area contributed by atoms with E-state index in [1.165, 1.54) is 25.7 Å². The first-order valence-corrected chi connectivity index (χ1v) is 6.10. The van der Waals surface area contributed by atoms with Crippen molar-refractivity contribution in [1.82, 2.24) is 4.90 Å². The summed E-state index contributed by atoms with van der Waals surface area (Å²) in [6, 6.07) is 0. The lowest BCUT2D eigenvalue weighted by Crippen LogP contribution is -2.31. The number of unbranched alkanes of at least 4 members (excludes halogenated alkanes) is 5. The van der Waals surface area contributed by atoms with Gasteiger partial charge in [0.2, 0.25) is 11.8 Å². The van der Waals surface area contributed by atoms with Gasteiger partial charge in [-0.3, -0.25) is 9.59 Å². The molecule has 2 amide bonds. The number of primary amides is 1. The van der Waals surface area contributed by atoms with Crippen LogP contribution in [0.1, 0.15) is 51.9 Å². The van der Waals surface area contributed by atoms with Crippen molar-refractivity contribution in [2.45, 2.75) is 51.9 Å². The third kappa shape index (κ3) is 8.26. The van der Waals surface area contributed by atoms with Crippen LogP contribution in [0.3, 0.4) is 0 Å². The van der Waals surface area contributed by atoms with E-state index >= 15 is 0 Å². The molecule has 0 heterocycles. The predicted octanol–water partition coefficient (Wildman–Crippen LogP) is 1.68. The molecule has 0 spiro atoms. The molecule has 94 valence electrons. The Kier molecular flexibility index (Phi) is 8.58. The molecule has 0 radical (unpaired) electrons. The molecule has 4 heteroatoms. The van der Waals surface area contributed by atoms with Gasteiger partial charge in [0.15, 0.2) is 0 Å². The average Bonchev–Trinajstić information content (AvgIpc) is 2.21. The number of nitrogens with zero attached hydrogens (tertiary/aromatic N) is 1. The Morgan fingerprint density at radius 2 is 1.62 bits per heavy atom. The van der Waals surface area contributed by atoms with Crippen LogP contribution in [-0.4, -0.2) is 30.3 Å². The second-order valence-electron chi connectivity index (χ2n) is 4.23. The van der Waals surface area contributed by atoms with Crippen molar-refractivity contribution in [3.63, 3.8) is 0 Å². The molecular formula is C12H24N2O2. The zero-order chi connectivity index (χ0) is 12.4. The van der Waals surface area contributed by atoms with Gasteiger partial charge in [0.05, 0.1) is 0 Å². The fourth-order valence-electron chi connectivity index (χ4n) is 1.54. The van der Waals surface area contributed by atoms with Gasteiger partial charge in [0.1, 0.15) is 6.42 Å². The number of hydrogen-bond acceptors (Lipinski definition) is 2. The standard InChI is InChI=1S/C12H24N2O2/c1-3-4-5-6-7-8-9-14(2)12(16)10-11(13)15/h3-10H2,1-2H3,(H2,13,15). The Morgan fingerprint density at radius 1 is 1.06 bits per heavy atom. The van der Waals surface area contributed by atoms with Crippen molar-refractivity contribution < 1.29 is 9.59 Å². The van der Waals surface area contributed by atoms with E-state index in [-0.39, 0.29) is 12.3 Å². The number of rotatable bonds is 9. The van der Waals surface area contributed by atoms with E-state index in [0.717, 1.165) is 19.4 Å². The van der Waals surface area contributed by atoms with Gasteiger partial charge < -0.3 is 10.6 Å². The third-order valence-electron chi connectivity index (χ3n) is 2.60. The molecule has 0 aromatic rings. The summed E-state index contributed by atoms with van der Waals surface area (Å²) in [5, 5.41) is 0. The summed E-state index contributed by atoms with van der Waals surface area (Å²) in [5.41, 5.74) is 4.95. The first kappa shape index (κ1) is 14.9. The van der Waals surface area contributed by atoms with Crippen LogP contribution >= 0.6 is 0 Å². The summed E-state index contributed by atoms with van der Waals surface area (Å²) in [4.78, 5) is 23.5. The van der Waals surface area contributed by atoms with E-state index in [9.17, 15) is 9.59 Å². The van der Waals surface area contributed by atoms with Crippen molar-refractivity contribution in [3.8, 4) is 0 Å². The molecule has 0 aliphatic rings. The van der Waals surface area contributed by atoms with Crippen molar-refractivity contribution >= 4 is 11.8 Å². The summed E-state index contributed by atoms with van der Waals surface area (Å²) in [6.07, 6.45) is 7.01. The zero-order valence-corrected chi connectivity index (χ0v) is 10.5. The molecule has 16 heavy (non-hydrogen) atoms. The molecule has 0 atom stereocenters. The second-order valence-corrected chi connectivity index (χ2v) is 4.23. The van der Waals surface area contributed by atoms with Crippen LogP contribution in [-0.2, 0) is 9.59 Å². The molecular weight excluding hydrogens is 204 g/mol. The first-order chi connectivity index (χ1) is 7.57. The Labute approximate surface area is 98.2 Å². The molecule has 0 aromatic carbocycles. The average molecular weight is 228 g/mol. The highest BCUT2D eigenvalue weighted by molar-refractivity contribution is 5.95. The van der Waals surface area contributed by atoms with Crippen LogP contribution in [0.25, 0.3) is 0 Å². The highest BCUT2D eigenvalue weighted by Gasteiger charge is 2.10. The number of carbonyl (C=O) groups is 2. The van der Waals surface area contributed by atoms with Gasteiger partial charge in [-0.2, -0.15) is 0 Å². The minimum Gasteiger partial charge on any atom is -0.369 e. The molecule has 0 fully saturated rings. The summed E-state index contributed by atoms with van der Waals surface area (Å²) in [7, 11) is 1.72. The van der Waals surface area contributed by atoms with E-state index in [0.29, 0.717) is 0 Å². The Hall–Kier alpha value is -1.06. The van der Waals surface area contributed by atoms with Gasteiger partial charge in [-0.15, -0.1) is 0 Å². The van der Waals surface area contributed by atoms with Crippen LogP contribution in [0.15, 0.2) is 0 Å². The molecule has 0 aromatic heterocycles. The molecule has 0 unspecified atom stereocenters. The van der Waals surface area contributed by atoms with Crippen molar-refractivity contribution in [2.75, 3.05) is 13.6 Å². The predicted molar refractivity (Wildman–Crippen MR) is 64.8 cm³/mol. The smallest absolute Gasteiger partial charge is 0.231 e. The molecule has 0 bridgehead atoms. The highest BCUT2D eigenvalue weighted by atomic mass is 16.2. The second kappa shape index (κ2) is 9.19. The third-order valence-corrected chi connectivity index (χ3v) is 2.60. The maximum atomic E-state index is 11.3. The summed E-state index contributed by atoms with van der Waals surface area (Å²) < 4.78 is 0. The van der Waals surface area contributed by atoms with Crippen LogP contribution in [0, 0.1) is 0 Å². The Bertz CT molecular complexity index is 217. The number of nitrogens with two attached hydrogens (primary N) is 1. The molecule has 0 saturated heterocycles. The van der Waals surface area contributed by atoms with E-state index in [1.807, 2.05) is 0 Å². The number of amides is 2. The van der Waals surface area contributed by atoms with Crippen molar-refractivity contribution in [2.24, 2.45) is 5.73 Å². The fraction of sp³-hybridized carbons (Fsp3) is 0.833. The van der Waals surface area contributed by atoms with Crippen molar-refractivity contribution in [3.05, 3.63) is 0 Å². The monoisotopic (exact) mass is 228 g/mol. The minimum absolute atomic E-state index is 0.174. The lowest BCUT2D eigenvalue weighted by atomic mass is 10.1. The lowest BCUT2D eigenvalue weighted by molar-refractivity contribution is -0.134. The molecule has 0 rings (SSSR count). The largest absolute Gasteiger partial charge is 0.369 e. The van der Waals surface area contributed by atoms with Crippen LogP contribution < -0.4 is 5.73 Å². The molecule has 0 aliphatic heterocycles. The molecule has 2 N–H and O–H groups in total. The maximum Gasteiger partial charge on any atom is 0.231 e. The van der Waals surface area contributed by atoms with E-state index in [2.05, 4.69) is 6.92 Å². The quantitative estimate of drug-likeness (QED) is 0.482. The first-order valence-electron chi connectivity index (χ1n) is 6.10. The summed E-state index contributed by atoms with van der Waals surface area (Å²) in [5.74, 6) is -0.735. The van der Waals surface area contributed by atoms with E-state index in [1.54, 1.807) is 11.9 Å². The zero-order valence-electron chi connectivity index (χ0n) is 10.5. The van der Waals surface area contributed by atoms with E-state index < -0.39 is 5.91 Å². The fourth-order valence-corrected chi connectivity index (χ4v) is 1.54. The molecule has 0 aliphatic carbocycles. The van der Waals surface area contributed by atoms with Crippen LogP contribution in [0.4, 0.5) is 0 Å². The normalized spacial score (nSPS) is 10.1. The van der Waals surface area contributed by atoms with Gasteiger partial charge >= 0.3 is 0 Å². The van der Waals surface area contributed by atoms with Crippen LogP contribution in [0.2, 0.25) is 0 Å². The van der Waals surface area contributed by atoms with Gasteiger partial charge in [0.25, 0.3) is 0 Å². The van der Waals surface area contributed by atoms with Gasteiger partial charge in [-0.25, -0.2) is 0 Å². The Balaban J connectivity index is 3.46. The van der Waals surface area contributed by atoms with Gasteiger partial charge in [0, 0.05) is 13.6 Å². The highest BCUT2D eigenvalue weighted by Crippen LogP contribution is 2.05. The van der Waals surface area contributed by atoms with Gasteiger partial charge in [-0.05, 0) is 6.42 Å². The SMILES string of the molecule is CCCCCCCCN(C)C(=O)CC(N)=O. The van der Waals surface area contributed by atoms with Crippen LogP contribution in [0.5, 0.6) is 0 Å². The maximum absolute atomic E-state index is 11.3. The summed E-state index contributed by atoms with van der Waals surface area (Å²) in [6.45, 7) is 2.91. The van der Waals surface area contributed by atoms with E-state index in [4.69, 9.17) is 5.73 Å².